The third kappa shape index (κ3) is 5.25. The zero-order valence-electron chi connectivity index (χ0n) is 15.7. The molecule has 5 nitrogen and oxygen atoms in total. The molecule has 1 atom stereocenters. The minimum absolute atomic E-state index is 0.0371. The summed E-state index contributed by atoms with van der Waals surface area (Å²) in [5, 5.41) is 2.88. The molecule has 1 saturated heterocycles. The molecule has 1 heterocycles. The number of nitrogens with one attached hydrogen (secondary N) is 1. The van der Waals surface area contributed by atoms with E-state index in [0.29, 0.717) is 36.6 Å². The minimum atomic E-state index is -0.413. The van der Waals surface area contributed by atoms with Crippen LogP contribution in [0.15, 0.2) is 48.5 Å². The summed E-state index contributed by atoms with van der Waals surface area (Å²) in [6.07, 6.45) is 3.95. The molecular weight excluding hydrogens is 379 g/mol. The van der Waals surface area contributed by atoms with Gasteiger partial charge in [-0.25, -0.2) is 4.39 Å². The molecule has 1 aliphatic heterocycles. The second-order valence-corrected chi connectivity index (χ2v) is 7.54. The van der Waals surface area contributed by atoms with Crippen LogP contribution in [0, 0.1) is 5.82 Å². The number of amides is 2. The number of carbonyl (C=O) groups is 2. The lowest BCUT2D eigenvalue weighted by molar-refractivity contribution is -0.136. The highest BCUT2D eigenvalue weighted by molar-refractivity contribution is 7.98. The van der Waals surface area contributed by atoms with Crippen molar-refractivity contribution in [3.8, 4) is 11.5 Å². The van der Waals surface area contributed by atoms with Crippen molar-refractivity contribution in [2.45, 2.75) is 25.3 Å². The largest absolute Gasteiger partial charge is 0.457 e. The van der Waals surface area contributed by atoms with Crippen molar-refractivity contribution in [2.24, 2.45) is 0 Å². The number of rotatable bonds is 7. The second-order valence-electron chi connectivity index (χ2n) is 6.56. The Balaban J connectivity index is 1.57. The Kier molecular flexibility index (Phi) is 6.92. The fourth-order valence-electron chi connectivity index (χ4n) is 3.14. The normalized spacial score (nSPS) is 16.1. The summed E-state index contributed by atoms with van der Waals surface area (Å²) in [6.45, 7) is 0.635. The van der Waals surface area contributed by atoms with Crippen LogP contribution in [0.4, 0.5) is 10.1 Å². The minimum Gasteiger partial charge on any atom is -0.457 e. The van der Waals surface area contributed by atoms with E-state index in [1.165, 1.54) is 12.1 Å². The van der Waals surface area contributed by atoms with E-state index in [2.05, 4.69) is 5.32 Å². The third-order valence-corrected chi connectivity index (χ3v) is 5.18. The molecule has 0 aliphatic carbocycles. The van der Waals surface area contributed by atoms with E-state index in [9.17, 15) is 14.0 Å². The Morgan fingerprint density at radius 2 is 1.79 bits per heavy atom. The summed E-state index contributed by atoms with van der Waals surface area (Å²) >= 11 is 1.63. The van der Waals surface area contributed by atoms with Gasteiger partial charge in [-0.3, -0.25) is 9.59 Å². The number of anilines is 1. The number of nitrogens with zero attached hydrogens (tertiary/aromatic N) is 1. The van der Waals surface area contributed by atoms with Crippen LogP contribution in [0.1, 0.15) is 19.3 Å². The van der Waals surface area contributed by atoms with Gasteiger partial charge in [0.1, 0.15) is 23.4 Å². The SMILES string of the molecule is CSCCC(=O)N1CCC[C@H]1C(=O)Nc1ccc(Oc2ccc(F)cc2)cc1. The second kappa shape index (κ2) is 9.59. The molecule has 1 aliphatic rings. The summed E-state index contributed by atoms with van der Waals surface area (Å²) in [5.74, 6) is 1.43. The molecule has 1 N–H and O–H groups in total. The summed E-state index contributed by atoms with van der Waals surface area (Å²) in [5.41, 5.74) is 0.639. The number of likely N-dealkylation sites (tertiary alicyclic amines) is 1. The molecule has 2 aromatic carbocycles. The Hall–Kier alpha value is -2.54. The van der Waals surface area contributed by atoms with Gasteiger partial charge in [0.25, 0.3) is 0 Å². The zero-order valence-corrected chi connectivity index (χ0v) is 16.5. The van der Waals surface area contributed by atoms with Gasteiger partial charge in [0.2, 0.25) is 11.8 Å². The summed E-state index contributed by atoms with van der Waals surface area (Å²) in [7, 11) is 0. The molecule has 7 heteroatoms. The lowest BCUT2D eigenvalue weighted by Crippen LogP contribution is -2.43. The molecule has 0 radical (unpaired) electrons. The van der Waals surface area contributed by atoms with Crippen LogP contribution in [0.3, 0.4) is 0 Å². The van der Waals surface area contributed by atoms with E-state index in [-0.39, 0.29) is 17.6 Å². The number of thioether (sulfide) groups is 1. The number of hydrogen-bond donors (Lipinski definition) is 1. The van der Waals surface area contributed by atoms with Crippen molar-refractivity contribution in [3.05, 3.63) is 54.3 Å². The zero-order chi connectivity index (χ0) is 19.9. The van der Waals surface area contributed by atoms with Crippen LogP contribution in [0.5, 0.6) is 11.5 Å². The maximum absolute atomic E-state index is 12.9. The van der Waals surface area contributed by atoms with Gasteiger partial charge < -0.3 is 15.0 Å². The molecule has 1 fully saturated rings. The molecule has 28 heavy (non-hydrogen) atoms. The summed E-state index contributed by atoms with van der Waals surface area (Å²) in [6, 6.07) is 12.3. The molecule has 0 aromatic heterocycles. The molecular formula is C21H23FN2O3S. The van der Waals surface area contributed by atoms with Gasteiger partial charge in [0, 0.05) is 24.4 Å². The van der Waals surface area contributed by atoms with Crippen molar-refractivity contribution < 1.29 is 18.7 Å². The quantitative estimate of drug-likeness (QED) is 0.750. The van der Waals surface area contributed by atoms with E-state index in [1.54, 1.807) is 53.1 Å². The molecule has 2 aromatic rings. The maximum Gasteiger partial charge on any atom is 0.247 e. The van der Waals surface area contributed by atoms with Gasteiger partial charge in [-0.05, 0) is 67.6 Å². The third-order valence-electron chi connectivity index (χ3n) is 4.57. The van der Waals surface area contributed by atoms with Gasteiger partial charge in [-0.15, -0.1) is 0 Å². The van der Waals surface area contributed by atoms with Crippen LogP contribution < -0.4 is 10.1 Å². The average molecular weight is 402 g/mol. The van der Waals surface area contributed by atoms with Crippen LogP contribution in [-0.4, -0.2) is 41.3 Å². The number of ether oxygens (including phenoxy) is 1. The molecule has 0 saturated carbocycles. The van der Waals surface area contributed by atoms with Crippen molar-refractivity contribution in [3.63, 3.8) is 0 Å². The van der Waals surface area contributed by atoms with Gasteiger partial charge in [0.05, 0.1) is 0 Å². The first-order chi connectivity index (χ1) is 13.6. The highest BCUT2D eigenvalue weighted by atomic mass is 32.2. The van der Waals surface area contributed by atoms with Gasteiger partial charge in [0.15, 0.2) is 0 Å². The monoisotopic (exact) mass is 402 g/mol. The van der Waals surface area contributed by atoms with Crippen LogP contribution in [0.2, 0.25) is 0 Å². The molecule has 0 spiro atoms. The number of halogens is 1. The van der Waals surface area contributed by atoms with E-state index in [1.807, 2.05) is 6.26 Å². The highest BCUT2D eigenvalue weighted by Crippen LogP contribution is 2.24. The van der Waals surface area contributed by atoms with Crippen molar-refractivity contribution >= 4 is 29.3 Å². The summed E-state index contributed by atoms with van der Waals surface area (Å²) < 4.78 is 18.6. The predicted octanol–water partition coefficient (Wildman–Crippen LogP) is 4.30. The van der Waals surface area contributed by atoms with Crippen molar-refractivity contribution in [1.82, 2.24) is 4.90 Å². The summed E-state index contributed by atoms with van der Waals surface area (Å²) in [4.78, 5) is 26.6. The molecule has 0 bridgehead atoms. The van der Waals surface area contributed by atoms with Crippen LogP contribution in [0.25, 0.3) is 0 Å². The standard InChI is InChI=1S/C21H23FN2O3S/c1-28-14-12-20(25)24-13-2-3-19(24)21(26)23-16-6-10-18(11-7-16)27-17-8-4-15(22)5-9-17/h4-11,19H,2-3,12-14H2,1H3,(H,23,26)/t19-/m0/s1. The molecule has 3 rings (SSSR count). The number of carbonyl (C=O) groups excluding carboxylic acids is 2. The smallest absolute Gasteiger partial charge is 0.247 e. The molecule has 2 amide bonds. The number of hydrogen-bond acceptors (Lipinski definition) is 4. The number of benzene rings is 2. The Labute approximate surface area is 168 Å². The predicted molar refractivity (Wildman–Crippen MR) is 109 cm³/mol. The first kappa shape index (κ1) is 20.2. The maximum atomic E-state index is 12.9. The first-order valence-electron chi connectivity index (χ1n) is 9.19. The Bertz CT molecular complexity index is 811. The van der Waals surface area contributed by atoms with E-state index in [4.69, 9.17) is 4.74 Å². The van der Waals surface area contributed by atoms with E-state index >= 15 is 0 Å². The highest BCUT2D eigenvalue weighted by Gasteiger charge is 2.33. The van der Waals surface area contributed by atoms with Crippen molar-refractivity contribution in [1.29, 1.82) is 0 Å². The topological polar surface area (TPSA) is 58.6 Å². The Morgan fingerprint density at radius 1 is 1.14 bits per heavy atom. The van der Waals surface area contributed by atoms with Gasteiger partial charge in [-0.2, -0.15) is 11.8 Å². The lowest BCUT2D eigenvalue weighted by Gasteiger charge is -2.24. The Morgan fingerprint density at radius 3 is 2.43 bits per heavy atom. The first-order valence-corrected chi connectivity index (χ1v) is 10.6. The molecule has 0 unspecified atom stereocenters. The fourth-order valence-corrected chi connectivity index (χ4v) is 3.52. The fraction of sp³-hybridized carbons (Fsp3) is 0.333. The van der Waals surface area contributed by atoms with E-state index in [0.717, 1.165) is 12.2 Å². The van der Waals surface area contributed by atoms with Crippen LogP contribution in [-0.2, 0) is 9.59 Å². The average Bonchev–Trinajstić information content (AvgIpc) is 3.19. The van der Waals surface area contributed by atoms with Crippen LogP contribution >= 0.6 is 11.8 Å². The molecule has 148 valence electrons. The van der Waals surface area contributed by atoms with Gasteiger partial charge in [-0.1, -0.05) is 0 Å². The lowest BCUT2D eigenvalue weighted by atomic mass is 10.2. The van der Waals surface area contributed by atoms with Gasteiger partial charge >= 0.3 is 0 Å². The van der Waals surface area contributed by atoms with E-state index < -0.39 is 6.04 Å². The van der Waals surface area contributed by atoms with Crippen molar-refractivity contribution in [2.75, 3.05) is 23.9 Å².